The molecule has 138 valence electrons. The van der Waals surface area contributed by atoms with E-state index in [4.69, 9.17) is 0 Å². The van der Waals surface area contributed by atoms with Crippen molar-refractivity contribution in [2.45, 2.75) is 26.3 Å². The van der Waals surface area contributed by atoms with Crippen molar-refractivity contribution >= 4 is 28.5 Å². The van der Waals surface area contributed by atoms with Crippen molar-refractivity contribution in [3.8, 4) is 5.75 Å². The lowest BCUT2D eigenvalue weighted by Crippen LogP contribution is -2.39. The Labute approximate surface area is 148 Å². The van der Waals surface area contributed by atoms with Crippen molar-refractivity contribution in [3.63, 3.8) is 0 Å². The van der Waals surface area contributed by atoms with E-state index in [1.54, 1.807) is 0 Å². The van der Waals surface area contributed by atoms with Crippen molar-refractivity contribution < 1.29 is 18.5 Å². The molecule has 1 amide bonds. The summed E-state index contributed by atoms with van der Waals surface area (Å²) in [5.41, 5.74) is 0.919. The van der Waals surface area contributed by atoms with Crippen LogP contribution in [0.2, 0.25) is 0 Å². The zero-order valence-electron chi connectivity index (χ0n) is 14.5. The average molecular weight is 370 g/mol. The van der Waals surface area contributed by atoms with E-state index in [1.807, 2.05) is 11.9 Å². The number of amides is 1. The first-order valence-corrected chi connectivity index (χ1v) is 9.37. The molecule has 9 heteroatoms. The molecule has 2 unspecified atom stereocenters. The number of phenols is 1. The molecule has 2 aliphatic rings. The van der Waals surface area contributed by atoms with Gasteiger partial charge in [-0.25, -0.2) is 8.60 Å². The number of phenolic OH excluding ortho intramolecular Hbond substituents is 1. The molecule has 0 bridgehead atoms. The van der Waals surface area contributed by atoms with E-state index in [2.05, 4.69) is 23.9 Å². The molecule has 1 aromatic rings. The highest BCUT2D eigenvalue weighted by atomic mass is 32.2. The number of rotatable bonds is 5. The van der Waals surface area contributed by atoms with Gasteiger partial charge in [0.1, 0.15) is 18.0 Å². The number of benzene rings is 1. The van der Waals surface area contributed by atoms with E-state index >= 15 is 4.39 Å². The number of hydrogen-bond donors (Lipinski definition) is 3. The zero-order chi connectivity index (χ0) is 18.3. The van der Waals surface area contributed by atoms with Gasteiger partial charge in [0.25, 0.3) is 5.91 Å². The quantitative estimate of drug-likeness (QED) is 0.709. The second-order valence-electron chi connectivity index (χ2n) is 6.89. The second-order valence-corrected chi connectivity index (χ2v) is 8.03. The molecule has 3 rings (SSSR count). The number of likely N-dealkylation sites (N-methyl/N-ethyl adjacent to an activating group) is 1. The zero-order valence-corrected chi connectivity index (χ0v) is 15.3. The van der Waals surface area contributed by atoms with Crippen LogP contribution in [0.25, 0.3) is 0 Å². The minimum Gasteiger partial charge on any atom is -0.506 e. The maximum Gasteiger partial charge on any atom is 0.253 e. The minimum absolute atomic E-state index is 0.0710. The Morgan fingerprint density at radius 2 is 2.24 bits per heavy atom. The largest absolute Gasteiger partial charge is 0.506 e. The van der Waals surface area contributed by atoms with Gasteiger partial charge in [-0.1, -0.05) is 13.8 Å². The van der Waals surface area contributed by atoms with Gasteiger partial charge in [0, 0.05) is 37.0 Å². The van der Waals surface area contributed by atoms with Crippen LogP contribution in [0.15, 0.2) is 6.07 Å². The SMILES string of the molecule is CC(C)CNCC1Cc2c(cc(O)c(N3CC(=O)NS3=O)c2F)N1C. The number of hydrogen-bond acceptors (Lipinski definition) is 5. The number of carbonyl (C=O) groups excluding carboxylic acids is 1. The van der Waals surface area contributed by atoms with Crippen LogP contribution in [0.3, 0.4) is 0 Å². The van der Waals surface area contributed by atoms with Crippen LogP contribution in [0, 0.1) is 11.7 Å². The number of fused-ring (bicyclic) bond motifs is 1. The first kappa shape index (κ1) is 17.9. The third-order valence-corrected chi connectivity index (χ3v) is 5.65. The van der Waals surface area contributed by atoms with E-state index in [0.29, 0.717) is 30.1 Å². The average Bonchev–Trinajstić information content (AvgIpc) is 3.00. The van der Waals surface area contributed by atoms with E-state index in [-0.39, 0.29) is 24.0 Å². The Kier molecular flexibility index (Phi) is 4.88. The Morgan fingerprint density at radius 3 is 2.84 bits per heavy atom. The smallest absolute Gasteiger partial charge is 0.253 e. The van der Waals surface area contributed by atoms with Gasteiger partial charge in [-0.15, -0.1) is 0 Å². The molecular formula is C16H23FN4O3S. The molecule has 0 saturated carbocycles. The molecular weight excluding hydrogens is 347 g/mol. The normalized spacial score (nSPS) is 22.7. The van der Waals surface area contributed by atoms with Gasteiger partial charge in [0.15, 0.2) is 5.82 Å². The van der Waals surface area contributed by atoms with Crippen molar-refractivity contribution in [1.29, 1.82) is 0 Å². The first-order chi connectivity index (χ1) is 11.8. The van der Waals surface area contributed by atoms with Gasteiger partial charge in [-0.2, -0.15) is 0 Å². The lowest BCUT2D eigenvalue weighted by atomic mass is 10.1. The van der Waals surface area contributed by atoms with E-state index in [1.165, 1.54) is 6.07 Å². The highest BCUT2D eigenvalue weighted by molar-refractivity contribution is 7.85. The first-order valence-electron chi connectivity index (χ1n) is 8.26. The molecule has 1 aromatic carbocycles. The fourth-order valence-electron chi connectivity index (χ4n) is 3.25. The Morgan fingerprint density at radius 1 is 1.52 bits per heavy atom. The third kappa shape index (κ3) is 3.30. The summed E-state index contributed by atoms with van der Waals surface area (Å²) in [6.07, 6.45) is 0.484. The maximum absolute atomic E-state index is 15.1. The highest BCUT2D eigenvalue weighted by Gasteiger charge is 2.36. The van der Waals surface area contributed by atoms with Crippen molar-refractivity contribution in [1.82, 2.24) is 10.0 Å². The van der Waals surface area contributed by atoms with Crippen LogP contribution in [0.5, 0.6) is 5.75 Å². The molecule has 25 heavy (non-hydrogen) atoms. The van der Waals surface area contributed by atoms with Crippen LogP contribution in [-0.2, 0) is 22.4 Å². The molecule has 1 saturated heterocycles. The molecule has 2 atom stereocenters. The van der Waals surface area contributed by atoms with E-state index < -0.39 is 22.9 Å². The molecule has 0 aromatic heterocycles. The van der Waals surface area contributed by atoms with Crippen LogP contribution < -0.4 is 19.2 Å². The lowest BCUT2D eigenvalue weighted by molar-refractivity contribution is -0.117. The maximum atomic E-state index is 15.1. The molecule has 2 aliphatic heterocycles. The number of nitrogens with zero attached hydrogens (tertiary/aromatic N) is 2. The summed E-state index contributed by atoms with van der Waals surface area (Å²) in [4.78, 5) is 13.3. The Bertz CT molecular complexity index is 728. The summed E-state index contributed by atoms with van der Waals surface area (Å²) in [6, 6.07) is 1.55. The summed E-state index contributed by atoms with van der Waals surface area (Å²) >= 11 is -1.88. The van der Waals surface area contributed by atoms with Crippen LogP contribution >= 0.6 is 0 Å². The molecule has 0 spiro atoms. The van der Waals surface area contributed by atoms with Gasteiger partial charge >= 0.3 is 0 Å². The standard InChI is InChI=1S/C16H23FN4O3S/c1-9(2)6-18-7-10-4-11-12(20(10)3)5-13(22)16(15(11)17)21-8-14(23)19-25(21)24/h5,9-10,18,22H,4,6-8H2,1-3H3,(H,19,23). The predicted octanol–water partition coefficient (Wildman–Crippen LogP) is 0.653. The van der Waals surface area contributed by atoms with E-state index in [9.17, 15) is 14.1 Å². The fourth-order valence-corrected chi connectivity index (χ4v) is 4.20. The third-order valence-electron chi connectivity index (χ3n) is 4.54. The number of aromatic hydroxyl groups is 1. The monoisotopic (exact) mass is 370 g/mol. The summed E-state index contributed by atoms with van der Waals surface area (Å²) in [5.74, 6) is -0.871. The van der Waals surface area contributed by atoms with Crippen LogP contribution in [0.4, 0.5) is 15.8 Å². The number of anilines is 2. The Balaban J connectivity index is 1.86. The van der Waals surface area contributed by atoms with Crippen molar-refractivity contribution in [2.75, 3.05) is 35.9 Å². The molecule has 0 aliphatic carbocycles. The molecule has 3 N–H and O–H groups in total. The van der Waals surface area contributed by atoms with Crippen LogP contribution in [-0.4, -0.2) is 47.9 Å². The van der Waals surface area contributed by atoms with Gasteiger partial charge in [-0.3, -0.25) is 13.8 Å². The van der Waals surface area contributed by atoms with Gasteiger partial charge in [0.05, 0.1) is 0 Å². The van der Waals surface area contributed by atoms with Crippen molar-refractivity contribution in [3.05, 3.63) is 17.4 Å². The number of halogens is 1. The molecule has 1 fully saturated rings. The topological polar surface area (TPSA) is 84.9 Å². The lowest BCUT2D eigenvalue weighted by Gasteiger charge is -2.24. The number of carbonyl (C=O) groups is 1. The van der Waals surface area contributed by atoms with Crippen LogP contribution in [0.1, 0.15) is 19.4 Å². The predicted molar refractivity (Wildman–Crippen MR) is 95.3 cm³/mol. The molecule has 7 nitrogen and oxygen atoms in total. The molecule has 0 radical (unpaired) electrons. The fraction of sp³-hybridized carbons (Fsp3) is 0.562. The summed E-state index contributed by atoms with van der Waals surface area (Å²) in [6.45, 7) is 5.57. The van der Waals surface area contributed by atoms with Crippen molar-refractivity contribution in [2.24, 2.45) is 5.92 Å². The van der Waals surface area contributed by atoms with Gasteiger partial charge in [-0.05, 0) is 18.9 Å². The minimum atomic E-state index is -1.88. The number of nitrogens with one attached hydrogen (secondary N) is 2. The second kappa shape index (κ2) is 6.80. The summed E-state index contributed by atoms with van der Waals surface area (Å²) < 4.78 is 30.2. The Hall–Kier alpha value is -1.87. The summed E-state index contributed by atoms with van der Waals surface area (Å²) in [5, 5.41) is 13.6. The molecule has 2 heterocycles. The summed E-state index contributed by atoms with van der Waals surface area (Å²) in [7, 11) is 1.87. The van der Waals surface area contributed by atoms with Gasteiger partial charge in [0.2, 0.25) is 11.2 Å². The highest BCUT2D eigenvalue weighted by Crippen LogP contribution is 2.43. The van der Waals surface area contributed by atoms with Gasteiger partial charge < -0.3 is 15.3 Å². The van der Waals surface area contributed by atoms with E-state index in [0.717, 1.165) is 10.8 Å².